The van der Waals surface area contributed by atoms with Crippen molar-refractivity contribution >= 4 is 11.7 Å². The standard InChI is InChI=1S/C30H35N3O3/c1-20(2)22-6-4-21(5-7-22)19-33-15-12-31-30(33)23-10-13-32(14-11-23)29(35)17-24-16-28(34)26-9-8-25(36-3)18-27(24)26/h4-9,12,15,18,20,23-24H,10-11,13-14,16-17,19H2,1-3H3. The molecule has 0 spiro atoms. The second-order valence-corrected chi connectivity index (χ2v) is 10.4. The first-order chi connectivity index (χ1) is 17.4. The molecule has 0 radical (unpaired) electrons. The Balaban J connectivity index is 1.19. The number of carbonyl (C=O) groups excluding carboxylic acids is 2. The van der Waals surface area contributed by atoms with Crippen LogP contribution in [0.25, 0.3) is 0 Å². The molecule has 1 atom stereocenters. The molecule has 1 aromatic heterocycles. The van der Waals surface area contributed by atoms with Crippen molar-refractivity contribution in [3.63, 3.8) is 0 Å². The molecular formula is C30H35N3O3. The number of likely N-dealkylation sites (tertiary alicyclic amines) is 1. The molecule has 0 saturated carbocycles. The van der Waals surface area contributed by atoms with E-state index in [1.807, 2.05) is 29.3 Å². The lowest BCUT2D eigenvalue weighted by molar-refractivity contribution is -0.132. The summed E-state index contributed by atoms with van der Waals surface area (Å²) in [4.78, 5) is 32.3. The summed E-state index contributed by atoms with van der Waals surface area (Å²) in [6.45, 7) is 6.69. The number of carbonyl (C=O) groups is 2. The molecule has 36 heavy (non-hydrogen) atoms. The monoisotopic (exact) mass is 485 g/mol. The van der Waals surface area contributed by atoms with Gasteiger partial charge in [0.1, 0.15) is 11.6 Å². The highest BCUT2D eigenvalue weighted by molar-refractivity contribution is 6.02. The van der Waals surface area contributed by atoms with Gasteiger partial charge in [-0.2, -0.15) is 0 Å². The second-order valence-electron chi connectivity index (χ2n) is 10.4. The van der Waals surface area contributed by atoms with Gasteiger partial charge in [-0.15, -0.1) is 0 Å². The third-order valence-electron chi connectivity index (χ3n) is 7.81. The Hall–Kier alpha value is -3.41. The number of aromatic nitrogens is 2. The van der Waals surface area contributed by atoms with Crippen LogP contribution in [0.4, 0.5) is 0 Å². The van der Waals surface area contributed by atoms with E-state index >= 15 is 0 Å². The zero-order chi connectivity index (χ0) is 25.2. The van der Waals surface area contributed by atoms with Crippen molar-refractivity contribution in [3.8, 4) is 5.75 Å². The fourth-order valence-electron chi connectivity index (χ4n) is 5.63. The summed E-state index contributed by atoms with van der Waals surface area (Å²) >= 11 is 0. The fraction of sp³-hybridized carbons (Fsp3) is 0.433. The highest BCUT2D eigenvalue weighted by Crippen LogP contribution is 2.38. The number of piperidine rings is 1. The lowest BCUT2D eigenvalue weighted by Gasteiger charge is -2.32. The minimum absolute atomic E-state index is 0.0613. The van der Waals surface area contributed by atoms with E-state index in [9.17, 15) is 9.59 Å². The molecule has 0 N–H and O–H groups in total. The number of Topliss-reactive ketones (excluding diaryl/α,β-unsaturated/α-hetero) is 1. The van der Waals surface area contributed by atoms with Crippen LogP contribution in [0.1, 0.15) is 90.2 Å². The van der Waals surface area contributed by atoms with Crippen LogP contribution in [0.3, 0.4) is 0 Å². The molecule has 1 aliphatic carbocycles. The van der Waals surface area contributed by atoms with E-state index in [0.717, 1.165) is 55.2 Å². The first-order valence-corrected chi connectivity index (χ1v) is 13.0. The number of ketones is 1. The number of benzene rings is 2. The van der Waals surface area contributed by atoms with Gasteiger partial charge in [0.05, 0.1) is 7.11 Å². The lowest BCUT2D eigenvalue weighted by Crippen LogP contribution is -2.38. The van der Waals surface area contributed by atoms with E-state index < -0.39 is 0 Å². The topological polar surface area (TPSA) is 64.4 Å². The van der Waals surface area contributed by atoms with Crippen LogP contribution in [0.15, 0.2) is 54.9 Å². The molecule has 5 rings (SSSR count). The zero-order valence-electron chi connectivity index (χ0n) is 21.4. The maximum absolute atomic E-state index is 13.2. The average Bonchev–Trinajstić information content (AvgIpc) is 3.48. The summed E-state index contributed by atoms with van der Waals surface area (Å²) in [5.41, 5.74) is 4.31. The number of fused-ring (bicyclic) bond motifs is 1. The summed E-state index contributed by atoms with van der Waals surface area (Å²) in [6, 6.07) is 14.4. The summed E-state index contributed by atoms with van der Waals surface area (Å²) < 4.78 is 7.59. The van der Waals surface area contributed by atoms with Gasteiger partial charge < -0.3 is 14.2 Å². The van der Waals surface area contributed by atoms with E-state index in [1.54, 1.807) is 7.11 Å². The number of hydrogen-bond acceptors (Lipinski definition) is 4. The first-order valence-electron chi connectivity index (χ1n) is 13.0. The van der Waals surface area contributed by atoms with Crippen molar-refractivity contribution in [1.29, 1.82) is 0 Å². The Labute approximate surface area is 213 Å². The third kappa shape index (κ3) is 4.95. The highest BCUT2D eigenvalue weighted by atomic mass is 16.5. The normalized spacial score (nSPS) is 18.1. The van der Waals surface area contributed by atoms with Gasteiger partial charge >= 0.3 is 0 Å². The van der Waals surface area contributed by atoms with E-state index in [2.05, 4.69) is 48.9 Å². The number of methoxy groups -OCH3 is 1. The Kier molecular flexibility index (Phi) is 6.95. The molecule has 3 aromatic rings. The minimum Gasteiger partial charge on any atom is -0.497 e. The quantitative estimate of drug-likeness (QED) is 0.441. The van der Waals surface area contributed by atoms with E-state index in [1.165, 1.54) is 11.1 Å². The summed E-state index contributed by atoms with van der Waals surface area (Å²) in [5.74, 6) is 2.91. The van der Waals surface area contributed by atoms with Crippen LogP contribution in [-0.2, 0) is 11.3 Å². The van der Waals surface area contributed by atoms with Gasteiger partial charge in [-0.3, -0.25) is 9.59 Å². The third-order valence-corrected chi connectivity index (χ3v) is 7.81. The SMILES string of the molecule is COc1ccc2c(c1)C(CC(=O)N1CCC(c3nccn3Cc3ccc(C(C)C)cc3)CC1)CC2=O. The first kappa shape index (κ1) is 24.3. The molecule has 1 amide bonds. The van der Waals surface area contributed by atoms with Gasteiger partial charge in [0.25, 0.3) is 0 Å². The highest BCUT2D eigenvalue weighted by Gasteiger charge is 2.33. The number of hydrogen-bond donors (Lipinski definition) is 0. The largest absolute Gasteiger partial charge is 0.497 e. The number of rotatable bonds is 7. The van der Waals surface area contributed by atoms with E-state index in [0.29, 0.717) is 24.7 Å². The van der Waals surface area contributed by atoms with Gasteiger partial charge in [0, 0.05) is 62.3 Å². The minimum atomic E-state index is -0.0613. The molecule has 2 aromatic carbocycles. The Bertz CT molecular complexity index is 1240. The van der Waals surface area contributed by atoms with Gasteiger partial charge in [-0.25, -0.2) is 4.98 Å². The molecular weight excluding hydrogens is 450 g/mol. The smallest absolute Gasteiger partial charge is 0.223 e. The van der Waals surface area contributed by atoms with Crippen LogP contribution >= 0.6 is 0 Å². The van der Waals surface area contributed by atoms with Crippen molar-refractivity contribution in [2.45, 2.75) is 63.8 Å². The van der Waals surface area contributed by atoms with E-state index in [4.69, 9.17) is 9.72 Å². The van der Waals surface area contributed by atoms with Gasteiger partial charge in [0.15, 0.2) is 5.78 Å². The predicted molar refractivity (Wildman–Crippen MR) is 140 cm³/mol. The van der Waals surface area contributed by atoms with Crippen molar-refractivity contribution in [2.24, 2.45) is 0 Å². The van der Waals surface area contributed by atoms with Crippen molar-refractivity contribution < 1.29 is 14.3 Å². The van der Waals surface area contributed by atoms with Gasteiger partial charge in [0.2, 0.25) is 5.91 Å². The van der Waals surface area contributed by atoms with Crippen LogP contribution in [0.5, 0.6) is 5.75 Å². The maximum atomic E-state index is 13.2. The van der Waals surface area contributed by atoms with Gasteiger partial charge in [-0.1, -0.05) is 38.1 Å². The van der Waals surface area contributed by atoms with Crippen molar-refractivity contribution in [2.75, 3.05) is 20.2 Å². The molecule has 6 heteroatoms. The molecule has 1 aliphatic heterocycles. The predicted octanol–water partition coefficient (Wildman–Crippen LogP) is 5.53. The molecule has 188 valence electrons. The molecule has 1 saturated heterocycles. The molecule has 0 bridgehead atoms. The number of nitrogens with zero attached hydrogens (tertiary/aromatic N) is 3. The second kappa shape index (κ2) is 10.3. The van der Waals surface area contributed by atoms with Crippen LogP contribution < -0.4 is 4.74 Å². The fourth-order valence-corrected chi connectivity index (χ4v) is 5.63. The maximum Gasteiger partial charge on any atom is 0.223 e. The Morgan fingerprint density at radius 3 is 2.56 bits per heavy atom. The summed E-state index contributed by atoms with van der Waals surface area (Å²) in [6.07, 6.45) is 6.54. The molecule has 1 fully saturated rings. The van der Waals surface area contributed by atoms with Gasteiger partial charge in [-0.05, 0) is 53.6 Å². The molecule has 1 unspecified atom stereocenters. The Morgan fingerprint density at radius 2 is 1.86 bits per heavy atom. The number of amides is 1. The lowest BCUT2D eigenvalue weighted by atomic mass is 9.93. The van der Waals surface area contributed by atoms with Crippen molar-refractivity contribution in [1.82, 2.24) is 14.5 Å². The van der Waals surface area contributed by atoms with Crippen LogP contribution in [0, 0.1) is 0 Å². The van der Waals surface area contributed by atoms with E-state index in [-0.39, 0.29) is 17.6 Å². The average molecular weight is 486 g/mol. The molecule has 6 nitrogen and oxygen atoms in total. The van der Waals surface area contributed by atoms with Crippen molar-refractivity contribution in [3.05, 3.63) is 82.9 Å². The summed E-state index contributed by atoms with van der Waals surface area (Å²) in [5, 5.41) is 0. The zero-order valence-corrected chi connectivity index (χ0v) is 21.4. The molecule has 2 aliphatic rings. The summed E-state index contributed by atoms with van der Waals surface area (Å²) in [7, 11) is 1.62. The molecule has 2 heterocycles. The number of imidazole rings is 1. The van der Waals surface area contributed by atoms with Crippen LogP contribution in [0.2, 0.25) is 0 Å². The number of ether oxygens (including phenoxy) is 1. The van der Waals surface area contributed by atoms with Crippen LogP contribution in [-0.4, -0.2) is 46.3 Å². The Morgan fingerprint density at radius 1 is 1.11 bits per heavy atom.